The monoisotopic (exact) mass is 351 g/mol. The molecule has 0 spiro atoms. The molecule has 2 amide bonds. The first-order valence-electron chi connectivity index (χ1n) is 7.93. The zero-order chi connectivity index (χ0) is 18.4. The predicted molar refractivity (Wildman–Crippen MR) is 94.2 cm³/mol. The molecule has 3 aromatic rings. The summed E-state index contributed by atoms with van der Waals surface area (Å²) in [5.41, 5.74) is 6.47. The Bertz CT molecular complexity index is 906. The lowest BCUT2D eigenvalue weighted by Crippen LogP contribution is -2.43. The van der Waals surface area contributed by atoms with E-state index >= 15 is 0 Å². The number of nitrogens with zero attached hydrogens (tertiary/aromatic N) is 1. The van der Waals surface area contributed by atoms with Gasteiger partial charge in [0, 0.05) is 11.6 Å². The van der Waals surface area contributed by atoms with Gasteiger partial charge in [-0.15, -0.1) is 0 Å². The Labute approximate surface area is 149 Å². The predicted octanol–water partition coefficient (Wildman–Crippen LogP) is 2.49. The molecule has 7 heteroatoms. The third kappa shape index (κ3) is 4.27. The first-order chi connectivity index (χ1) is 12.6. The fourth-order valence-electron chi connectivity index (χ4n) is 2.29. The van der Waals surface area contributed by atoms with Crippen LogP contribution in [0.25, 0.3) is 11.1 Å². The second kappa shape index (κ2) is 7.98. The maximum absolute atomic E-state index is 11.9. The highest BCUT2D eigenvalue weighted by Crippen LogP contribution is 2.29. The lowest BCUT2D eigenvalue weighted by molar-refractivity contribution is -0.123. The van der Waals surface area contributed by atoms with Crippen molar-refractivity contribution >= 4 is 11.8 Å². The van der Waals surface area contributed by atoms with Crippen molar-refractivity contribution in [1.82, 2.24) is 16.0 Å². The minimum Gasteiger partial charge on any atom is -0.483 e. The highest BCUT2D eigenvalue weighted by molar-refractivity contribution is 5.93. The van der Waals surface area contributed by atoms with Gasteiger partial charge in [-0.25, -0.2) is 0 Å². The number of para-hydroxylation sites is 1. The molecule has 132 valence electrons. The minimum absolute atomic E-state index is 0.0816. The summed E-state index contributed by atoms with van der Waals surface area (Å²) >= 11 is 0. The van der Waals surface area contributed by atoms with Gasteiger partial charge in [0.2, 0.25) is 0 Å². The van der Waals surface area contributed by atoms with Crippen LogP contribution < -0.4 is 15.6 Å². The van der Waals surface area contributed by atoms with E-state index in [4.69, 9.17) is 9.26 Å². The van der Waals surface area contributed by atoms with Crippen LogP contribution in [0.4, 0.5) is 0 Å². The number of benzene rings is 2. The smallest absolute Gasteiger partial charge is 0.291 e. The summed E-state index contributed by atoms with van der Waals surface area (Å²) in [6, 6.07) is 18.6. The molecule has 1 aromatic heterocycles. The molecule has 0 aliphatic carbocycles. The van der Waals surface area contributed by atoms with Crippen molar-refractivity contribution < 1.29 is 18.8 Å². The van der Waals surface area contributed by atoms with Crippen molar-refractivity contribution in [2.24, 2.45) is 0 Å². The van der Waals surface area contributed by atoms with Crippen molar-refractivity contribution in [2.75, 3.05) is 6.61 Å². The number of hydrazine groups is 1. The maximum atomic E-state index is 11.9. The van der Waals surface area contributed by atoms with Gasteiger partial charge in [-0.2, -0.15) is 0 Å². The summed E-state index contributed by atoms with van der Waals surface area (Å²) in [5.74, 6) is 0.0101. The number of carbonyl (C=O) groups is 2. The molecule has 0 saturated carbocycles. The normalized spacial score (nSPS) is 10.2. The number of hydrogen-bond donors (Lipinski definition) is 2. The van der Waals surface area contributed by atoms with E-state index in [0.717, 1.165) is 11.1 Å². The van der Waals surface area contributed by atoms with Gasteiger partial charge in [0.1, 0.15) is 11.5 Å². The Hall–Kier alpha value is -3.61. The third-order valence-corrected chi connectivity index (χ3v) is 3.51. The number of amides is 2. The molecule has 0 saturated heterocycles. The number of aromatic nitrogens is 1. The van der Waals surface area contributed by atoms with Crippen LogP contribution in [0.5, 0.6) is 5.75 Å². The summed E-state index contributed by atoms with van der Waals surface area (Å²) in [6.07, 6.45) is 0. The second-order valence-corrected chi connectivity index (χ2v) is 5.48. The first kappa shape index (κ1) is 17.2. The highest BCUT2D eigenvalue weighted by atomic mass is 16.5. The summed E-state index contributed by atoms with van der Waals surface area (Å²) in [4.78, 5) is 23.7. The highest BCUT2D eigenvalue weighted by Gasteiger charge is 2.12. The number of nitrogens with one attached hydrogen (secondary N) is 2. The van der Waals surface area contributed by atoms with Gasteiger partial charge in [0.25, 0.3) is 11.8 Å². The molecule has 2 aromatic carbocycles. The van der Waals surface area contributed by atoms with E-state index in [9.17, 15) is 9.59 Å². The fourth-order valence-corrected chi connectivity index (χ4v) is 2.29. The lowest BCUT2D eigenvalue weighted by Gasteiger charge is -2.12. The molecular weight excluding hydrogens is 334 g/mol. The maximum Gasteiger partial charge on any atom is 0.291 e. The van der Waals surface area contributed by atoms with Gasteiger partial charge >= 0.3 is 0 Å². The molecule has 26 heavy (non-hydrogen) atoms. The van der Waals surface area contributed by atoms with Crippen molar-refractivity contribution in [3.05, 3.63) is 72.1 Å². The molecule has 0 fully saturated rings. The number of carbonyl (C=O) groups excluding carboxylic acids is 2. The third-order valence-electron chi connectivity index (χ3n) is 3.51. The topological polar surface area (TPSA) is 93.5 Å². The van der Waals surface area contributed by atoms with Crippen LogP contribution in [0, 0.1) is 6.92 Å². The molecule has 1 heterocycles. The van der Waals surface area contributed by atoms with Crippen molar-refractivity contribution in [1.29, 1.82) is 0 Å². The van der Waals surface area contributed by atoms with Gasteiger partial charge in [0.05, 0.1) is 0 Å². The molecule has 0 radical (unpaired) electrons. The number of ether oxygens (including phenoxy) is 1. The lowest BCUT2D eigenvalue weighted by atomic mass is 10.1. The fraction of sp³-hybridized carbons (Fsp3) is 0.105. The molecular formula is C19H17N3O4. The van der Waals surface area contributed by atoms with E-state index in [0.29, 0.717) is 11.5 Å². The molecule has 0 bridgehead atoms. The van der Waals surface area contributed by atoms with Crippen LogP contribution in [0.15, 0.2) is 65.2 Å². The van der Waals surface area contributed by atoms with Crippen LogP contribution >= 0.6 is 0 Å². The second-order valence-electron chi connectivity index (χ2n) is 5.48. The summed E-state index contributed by atoms with van der Waals surface area (Å²) in [7, 11) is 0. The molecule has 3 rings (SSSR count). The summed E-state index contributed by atoms with van der Waals surface area (Å²) in [5, 5.41) is 3.56. The van der Waals surface area contributed by atoms with Crippen LogP contribution in [-0.4, -0.2) is 23.6 Å². The SMILES string of the molecule is Cc1cc(C(=O)NNC(=O)COc2ccccc2-c2ccccc2)no1. The molecule has 0 unspecified atom stereocenters. The molecule has 2 N–H and O–H groups in total. The Balaban J connectivity index is 1.56. The quantitative estimate of drug-likeness (QED) is 0.689. The molecule has 0 atom stereocenters. The van der Waals surface area contributed by atoms with Gasteiger partial charge in [0.15, 0.2) is 12.3 Å². The molecule has 0 aliphatic rings. The standard InChI is InChI=1S/C19H17N3O4/c1-13-11-16(22-26-13)19(24)21-20-18(23)12-25-17-10-6-5-9-15(17)14-7-3-2-4-8-14/h2-11H,12H2,1H3,(H,20,23)(H,21,24). The van der Waals surface area contributed by atoms with Gasteiger partial charge < -0.3 is 9.26 Å². The zero-order valence-corrected chi connectivity index (χ0v) is 14.1. The minimum atomic E-state index is -0.570. The Morgan fingerprint density at radius 1 is 1.04 bits per heavy atom. The number of hydrogen-bond acceptors (Lipinski definition) is 5. The van der Waals surface area contributed by atoms with Crippen molar-refractivity contribution in [3.63, 3.8) is 0 Å². The van der Waals surface area contributed by atoms with Crippen LogP contribution in [0.3, 0.4) is 0 Å². The van der Waals surface area contributed by atoms with Gasteiger partial charge in [-0.3, -0.25) is 20.4 Å². The number of aryl methyl sites for hydroxylation is 1. The Kier molecular flexibility index (Phi) is 5.28. The van der Waals surface area contributed by atoms with E-state index in [1.807, 2.05) is 48.5 Å². The van der Waals surface area contributed by atoms with Gasteiger partial charge in [-0.1, -0.05) is 53.7 Å². The van der Waals surface area contributed by atoms with Gasteiger partial charge in [-0.05, 0) is 18.6 Å². The van der Waals surface area contributed by atoms with Crippen LogP contribution in [0.1, 0.15) is 16.2 Å². The van der Waals surface area contributed by atoms with E-state index in [2.05, 4.69) is 16.0 Å². The summed E-state index contributed by atoms with van der Waals surface area (Å²) < 4.78 is 10.4. The van der Waals surface area contributed by atoms with E-state index < -0.39 is 11.8 Å². The largest absolute Gasteiger partial charge is 0.483 e. The molecule has 0 aliphatic heterocycles. The Morgan fingerprint density at radius 3 is 2.50 bits per heavy atom. The van der Waals surface area contributed by atoms with E-state index in [1.165, 1.54) is 6.07 Å². The number of rotatable bonds is 5. The zero-order valence-electron chi connectivity index (χ0n) is 14.1. The average Bonchev–Trinajstić information content (AvgIpc) is 3.12. The average molecular weight is 351 g/mol. The summed E-state index contributed by atoms with van der Waals surface area (Å²) in [6.45, 7) is 1.42. The van der Waals surface area contributed by atoms with Crippen molar-refractivity contribution in [2.45, 2.75) is 6.92 Å². The van der Waals surface area contributed by atoms with E-state index in [-0.39, 0.29) is 12.3 Å². The first-order valence-corrected chi connectivity index (χ1v) is 7.93. The van der Waals surface area contributed by atoms with Crippen molar-refractivity contribution in [3.8, 4) is 16.9 Å². The van der Waals surface area contributed by atoms with Crippen LogP contribution in [-0.2, 0) is 4.79 Å². The Morgan fingerprint density at radius 2 is 1.77 bits per heavy atom. The molecule has 7 nitrogen and oxygen atoms in total. The van der Waals surface area contributed by atoms with Crippen LogP contribution in [0.2, 0.25) is 0 Å². The van der Waals surface area contributed by atoms with E-state index in [1.54, 1.807) is 13.0 Å².